The van der Waals surface area contributed by atoms with Gasteiger partial charge in [0.25, 0.3) is 0 Å². The first-order valence-corrected chi connectivity index (χ1v) is 5.38. The van der Waals surface area contributed by atoms with Crippen molar-refractivity contribution in [2.45, 2.75) is 39.8 Å². The molecule has 0 aliphatic rings. The summed E-state index contributed by atoms with van der Waals surface area (Å²) in [4.78, 5) is 0. The summed E-state index contributed by atoms with van der Waals surface area (Å²) in [5.41, 5.74) is 0. The molecule has 1 aromatic rings. The van der Waals surface area contributed by atoms with Crippen LogP contribution in [0.15, 0.2) is 18.7 Å². The van der Waals surface area contributed by atoms with Crippen LogP contribution in [-0.2, 0) is 11.3 Å². The molecule has 80 valence electrons. The Morgan fingerprint density at radius 3 is 2.71 bits per heavy atom. The molecule has 0 saturated carbocycles. The molecule has 0 aromatic carbocycles. The smallest absolute Gasteiger partial charge is 0.244 e. The molecule has 0 radical (unpaired) electrons. The average Bonchev–Trinajstić information content (AvgIpc) is 2.61. The highest BCUT2D eigenvalue weighted by Crippen LogP contribution is 1.99. The highest BCUT2D eigenvalue weighted by atomic mass is 16.5. The molecule has 0 saturated heterocycles. The summed E-state index contributed by atoms with van der Waals surface area (Å²) in [6.45, 7) is 9.10. The first kappa shape index (κ1) is 11.2. The van der Waals surface area contributed by atoms with Crippen LogP contribution < -0.4 is 4.57 Å². The zero-order valence-corrected chi connectivity index (χ0v) is 9.44. The quantitative estimate of drug-likeness (QED) is 0.502. The molecular formula is C11H21N2O+. The maximum absolute atomic E-state index is 5.43. The number of nitrogens with zero attached hydrogens (tertiary/aromatic N) is 2. The molecule has 0 atom stereocenters. The van der Waals surface area contributed by atoms with Crippen LogP contribution in [0.25, 0.3) is 0 Å². The lowest BCUT2D eigenvalue weighted by Gasteiger charge is -2.00. The molecule has 0 aliphatic heterocycles. The van der Waals surface area contributed by atoms with Crippen LogP contribution in [0.3, 0.4) is 0 Å². The van der Waals surface area contributed by atoms with Crippen molar-refractivity contribution in [1.82, 2.24) is 4.57 Å². The highest BCUT2D eigenvalue weighted by Gasteiger charge is 2.05. The molecule has 1 aromatic heterocycles. The zero-order valence-electron chi connectivity index (χ0n) is 9.44. The second-order valence-corrected chi connectivity index (χ2v) is 3.80. The van der Waals surface area contributed by atoms with Gasteiger partial charge in [-0.1, -0.05) is 6.92 Å². The Morgan fingerprint density at radius 2 is 2.14 bits per heavy atom. The Hall–Kier alpha value is -0.830. The minimum atomic E-state index is 0.535. The van der Waals surface area contributed by atoms with Crippen molar-refractivity contribution >= 4 is 0 Å². The van der Waals surface area contributed by atoms with Crippen LogP contribution in [0.1, 0.15) is 33.2 Å². The van der Waals surface area contributed by atoms with E-state index in [-0.39, 0.29) is 0 Å². The Bertz CT molecular complexity index is 256. The molecule has 3 nitrogen and oxygen atoms in total. The molecule has 0 unspecified atom stereocenters. The predicted octanol–water partition coefficient (Wildman–Crippen LogP) is 1.78. The summed E-state index contributed by atoms with van der Waals surface area (Å²) in [5, 5.41) is 0. The first-order chi connectivity index (χ1) is 6.74. The fraction of sp³-hybridized carbons (Fsp3) is 0.727. The van der Waals surface area contributed by atoms with Gasteiger partial charge in [-0.15, -0.1) is 0 Å². The van der Waals surface area contributed by atoms with Gasteiger partial charge in [0.05, 0.1) is 12.6 Å². The largest absolute Gasteiger partial charge is 0.377 e. The van der Waals surface area contributed by atoms with Gasteiger partial charge in [-0.2, -0.15) is 0 Å². The van der Waals surface area contributed by atoms with Crippen LogP contribution in [0.2, 0.25) is 0 Å². The van der Waals surface area contributed by atoms with E-state index in [1.807, 2.05) is 0 Å². The molecule has 14 heavy (non-hydrogen) atoms. The SMILES string of the molecule is CCCOCC[n+]1ccn(C(C)C)c1. The molecule has 3 heteroatoms. The van der Waals surface area contributed by atoms with Crippen molar-refractivity contribution in [3.05, 3.63) is 18.7 Å². The number of ether oxygens (including phenoxy) is 1. The summed E-state index contributed by atoms with van der Waals surface area (Å²) in [5.74, 6) is 0. The molecule has 0 N–H and O–H groups in total. The van der Waals surface area contributed by atoms with Gasteiger partial charge >= 0.3 is 0 Å². The minimum Gasteiger partial charge on any atom is -0.377 e. The third-order valence-corrected chi connectivity index (χ3v) is 2.15. The summed E-state index contributed by atoms with van der Waals surface area (Å²) in [6, 6.07) is 0.535. The third-order valence-electron chi connectivity index (χ3n) is 2.15. The molecule has 0 spiro atoms. The monoisotopic (exact) mass is 197 g/mol. The van der Waals surface area contributed by atoms with Crippen molar-refractivity contribution in [2.24, 2.45) is 0 Å². The van der Waals surface area contributed by atoms with Gasteiger partial charge < -0.3 is 4.74 Å². The van der Waals surface area contributed by atoms with E-state index in [9.17, 15) is 0 Å². The van der Waals surface area contributed by atoms with Gasteiger partial charge in [-0.25, -0.2) is 9.13 Å². The summed E-state index contributed by atoms with van der Waals surface area (Å²) >= 11 is 0. The first-order valence-electron chi connectivity index (χ1n) is 5.38. The second kappa shape index (κ2) is 5.81. The number of rotatable bonds is 6. The van der Waals surface area contributed by atoms with E-state index in [0.29, 0.717) is 6.04 Å². The Kier molecular flexibility index (Phi) is 4.66. The molecule has 0 fully saturated rings. The van der Waals surface area contributed by atoms with Gasteiger partial charge in [0.1, 0.15) is 18.9 Å². The lowest BCUT2D eigenvalue weighted by molar-refractivity contribution is -0.698. The maximum Gasteiger partial charge on any atom is 0.244 e. The van der Waals surface area contributed by atoms with Gasteiger partial charge in [0.2, 0.25) is 6.33 Å². The van der Waals surface area contributed by atoms with Crippen LogP contribution >= 0.6 is 0 Å². The Labute approximate surface area is 86.3 Å². The van der Waals surface area contributed by atoms with Gasteiger partial charge in [-0.05, 0) is 20.3 Å². The van der Waals surface area contributed by atoms with Crippen molar-refractivity contribution in [1.29, 1.82) is 0 Å². The number of hydrogen-bond donors (Lipinski definition) is 0. The molecule has 0 amide bonds. The summed E-state index contributed by atoms with van der Waals surface area (Å²) in [7, 11) is 0. The van der Waals surface area contributed by atoms with Crippen LogP contribution in [0, 0.1) is 0 Å². The maximum atomic E-state index is 5.43. The van der Waals surface area contributed by atoms with Crippen LogP contribution in [0.5, 0.6) is 0 Å². The molecule has 1 heterocycles. The Morgan fingerprint density at radius 1 is 1.36 bits per heavy atom. The van der Waals surface area contributed by atoms with E-state index in [0.717, 1.165) is 26.2 Å². The molecular weight excluding hydrogens is 176 g/mol. The number of imidazole rings is 1. The van der Waals surface area contributed by atoms with E-state index in [4.69, 9.17) is 4.74 Å². The lowest BCUT2D eigenvalue weighted by atomic mass is 10.4. The van der Waals surface area contributed by atoms with Crippen molar-refractivity contribution in [3.8, 4) is 0 Å². The fourth-order valence-corrected chi connectivity index (χ4v) is 1.26. The van der Waals surface area contributed by atoms with Gasteiger partial charge in [0.15, 0.2) is 0 Å². The summed E-state index contributed by atoms with van der Waals surface area (Å²) in [6.07, 6.45) is 7.41. The van der Waals surface area contributed by atoms with E-state index >= 15 is 0 Å². The van der Waals surface area contributed by atoms with E-state index in [1.165, 1.54) is 0 Å². The second-order valence-electron chi connectivity index (χ2n) is 3.80. The van der Waals surface area contributed by atoms with E-state index < -0.39 is 0 Å². The Balaban J connectivity index is 2.29. The van der Waals surface area contributed by atoms with E-state index in [2.05, 4.69) is 48.6 Å². The lowest BCUT2D eigenvalue weighted by Crippen LogP contribution is -2.33. The number of hydrogen-bond acceptors (Lipinski definition) is 1. The van der Waals surface area contributed by atoms with Gasteiger partial charge in [-0.3, -0.25) is 0 Å². The molecule has 0 bridgehead atoms. The van der Waals surface area contributed by atoms with E-state index in [1.54, 1.807) is 0 Å². The standard InChI is InChI=1S/C11H21N2O/c1-4-8-14-9-7-12-5-6-13(10-12)11(2)3/h5-6,10-11H,4,7-9H2,1-3H3/q+1. The molecule has 0 aliphatic carbocycles. The van der Waals surface area contributed by atoms with Crippen molar-refractivity contribution < 1.29 is 9.30 Å². The molecule has 1 rings (SSSR count). The predicted molar refractivity (Wildman–Crippen MR) is 56.1 cm³/mol. The topological polar surface area (TPSA) is 18.0 Å². The van der Waals surface area contributed by atoms with Crippen LogP contribution in [-0.4, -0.2) is 17.8 Å². The van der Waals surface area contributed by atoms with Gasteiger partial charge in [0, 0.05) is 6.61 Å². The third kappa shape index (κ3) is 3.50. The zero-order chi connectivity index (χ0) is 10.4. The normalized spacial score (nSPS) is 11.1. The average molecular weight is 197 g/mol. The van der Waals surface area contributed by atoms with Crippen molar-refractivity contribution in [3.63, 3.8) is 0 Å². The number of aromatic nitrogens is 2. The minimum absolute atomic E-state index is 0.535. The van der Waals surface area contributed by atoms with Crippen LogP contribution in [0.4, 0.5) is 0 Å². The highest BCUT2D eigenvalue weighted by molar-refractivity contribution is 4.69. The summed E-state index contributed by atoms with van der Waals surface area (Å²) < 4.78 is 9.78. The fourth-order valence-electron chi connectivity index (χ4n) is 1.26. The van der Waals surface area contributed by atoms with Crippen molar-refractivity contribution in [2.75, 3.05) is 13.2 Å².